The Morgan fingerprint density at radius 3 is 2.32 bits per heavy atom. The summed E-state index contributed by atoms with van der Waals surface area (Å²) < 4.78 is 18.4. The summed E-state index contributed by atoms with van der Waals surface area (Å²) in [6.07, 6.45) is 5.88. The smallest absolute Gasteiger partial charge is 0.233 e. The maximum absolute atomic E-state index is 12.9. The van der Waals surface area contributed by atoms with Gasteiger partial charge in [0, 0.05) is 26.7 Å². The highest BCUT2D eigenvalue weighted by molar-refractivity contribution is 14.0. The maximum Gasteiger partial charge on any atom is 0.233 e. The third-order valence-electron chi connectivity index (χ3n) is 6.11. The number of nitrogens with one attached hydrogen (secondary N) is 2. The van der Waals surface area contributed by atoms with Crippen LogP contribution in [0.1, 0.15) is 12.8 Å². The average Bonchev–Trinajstić information content (AvgIpc) is 3.43. The standard InChI is InChI=1S/C22H27FN4O3.HI/c1-24-22(25-9-2-12-30-17-7-5-16(23)6-8-17)26-10-11-27-20(28)18-14-3-4-15(13-14)19(18)21(27)29;/h3-8,14-15,18-19H,2,9-13H2,1H3,(H2,24,25,26);1H. The summed E-state index contributed by atoms with van der Waals surface area (Å²) in [5, 5.41) is 6.33. The molecule has 4 atom stereocenters. The summed E-state index contributed by atoms with van der Waals surface area (Å²) in [6.45, 7) is 1.93. The second-order valence-corrected chi connectivity index (χ2v) is 7.91. The monoisotopic (exact) mass is 542 g/mol. The van der Waals surface area contributed by atoms with Gasteiger partial charge in [-0.25, -0.2) is 4.39 Å². The normalized spacial score (nSPS) is 26.1. The Balaban J connectivity index is 0.00000272. The summed E-state index contributed by atoms with van der Waals surface area (Å²) in [4.78, 5) is 30.9. The third-order valence-corrected chi connectivity index (χ3v) is 6.11. The molecule has 1 saturated carbocycles. The molecule has 7 nitrogen and oxygen atoms in total. The van der Waals surface area contributed by atoms with Crippen LogP contribution in [0.5, 0.6) is 5.75 Å². The predicted molar refractivity (Wildman–Crippen MR) is 126 cm³/mol. The SMILES string of the molecule is CN=C(NCCCOc1ccc(F)cc1)NCCN1C(=O)C2C3C=CC(C3)C2C1=O.I. The van der Waals surface area contributed by atoms with Crippen LogP contribution in [0.2, 0.25) is 0 Å². The molecule has 4 unspecified atom stereocenters. The van der Waals surface area contributed by atoms with E-state index in [1.807, 2.05) is 0 Å². The molecule has 1 aromatic rings. The van der Waals surface area contributed by atoms with Gasteiger partial charge in [-0.2, -0.15) is 0 Å². The molecule has 2 amide bonds. The van der Waals surface area contributed by atoms with Crippen LogP contribution in [0.25, 0.3) is 0 Å². The minimum atomic E-state index is -0.288. The van der Waals surface area contributed by atoms with E-state index in [4.69, 9.17) is 4.74 Å². The van der Waals surface area contributed by atoms with Crippen LogP contribution >= 0.6 is 24.0 Å². The number of hydrogen-bond donors (Lipinski definition) is 2. The van der Waals surface area contributed by atoms with E-state index in [1.54, 1.807) is 19.2 Å². The molecule has 4 rings (SSSR count). The summed E-state index contributed by atoms with van der Waals surface area (Å²) in [5.41, 5.74) is 0. The summed E-state index contributed by atoms with van der Waals surface area (Å²) in [6, 6.07) is 5.92. The van der Waals surface area contributed by atoms with Gasteiger partial charge in [-0.3, -0.25) is 19.5 Å². The Labute approximate surface area is 198 Å². The summed E-state index contributed by atoms with van der Waals surface area (Å²) in [7, 11) is 1.67. The minimum absolute atomic E-state index is 0. The van der Waals surface area contributed by atoms with E-state index >= 15 is 0 Å². The van der Waals surface area contributed by atoms with Crippen molar-refractivity contribution in [3.05, 3.63) is 42.2 Å². The van der Waals surface area contributed by atoms with Crippen LogP contribution in [-0.2, 0) is 9.59 Å². The first-order valence-corrected chi connectivity index (χ1v) is 10.4. The van der Waals surface area contributed by atoms with Crippen LogP contribution in [0.3, 0.4) is 0 Å². The van der Waals surface area contributed by atoms with E-state index < -0.39 is 0 Å². The molecule has 1 aromatic carbocycles. The van der Waals surface area contributed by atoms with Crippen molar-refractivity contribution in [2.75, 3.05) is 33.3 Å². The molecule has 2 N–H and O–H groups in total. The van der Waals surface area contributed by atoms with Crippen molar-refractivity contribution in [3.8, 4) is 5.75 Å². The van der Waals surface area contributed by atoms with Gasteiger partial charge >= 0.3 is 0 Å². The van der Waals surface area contributed by atoms with Gasteiger partial charge in [0.05, 0.1) is 18.4 Å². The second-order valence-electron chi connectivity index (χ2n) is 7.91. The van der Waals surface area contributed by atoms with Crippen molar-refractivity contribution in [2.45, 2.75) is 12.8 Å². The van der Waals surface area contributed by atoms with Crippen molar-refractivity contribution in [1.82, 2.24) is 15.5 Å². The van der Waals surface area contributed by atoms with E-state index in [1.165, 1.54) is 17.0 Å². The van der Waals surface area contributed by atoms with Gasteiger partial charge in [0.1, 0.15) is 11.6 Å². The van der Waals surface area contributed by atoms with Gasteiger partial charge in [0.2, 0.25) is 11.8 Å². The number of carbonyl (C=O) groups excluding carboxylic acids is 2. The number of halogens is 2. The number of imide groups is 1. The number of hydrogen-bond acceptors (Lipinski definition) is 4. The average molecular weight is 542 g/mol. The van der Waals surface area contributed by atoms with Gasteiger partial charge < -0.3 is 15.4 Å². The zero-order valence-corrected chi connectivity index (χ0v) is 19.8. The molecule has 2 bridgehead atoms. The maximum atomic E-state index is 12.9. The molecule has 1 saturated heterocycles. The molecule has 3 aliphatic rings. The molecular formula is C22H28FIN4O3. The summed E-state index contributed by atoms with van der Waals surface area (Å²) >= 11 is 0. The molecule has 168 valence electrons. The lowest BCUT2D eigenvalue weighted by atomic mass is 9.85. The molecule has 9 heteroatoms. The lowest BCUT2D eigenvalue weighted by Crippen LogP contribution is -2.44. The molecule has 1 heterocycles. The zero-order valence-electron chi connectivity index (χ0n) is 17.4. The number of ether oxygens (including phenoxy) is 1. The first kappa shape index (κ1) is 23.5. The summed E-state index contributed by atoms with van der Waals surface area (Å²) in [5.74, 6) is 1.08. The minimum Gasteiger partial charge on any atom is -0.494 e. The fraction of sp³-hybridized carbons (Fsp3) is 0.500. The number of benzene rings is 1. The number of nitrogens with zero attached hydrogens (tertiary/aromatic N) is 2. The highest BCUT2D eigenvalue weighted by Crippen LogP contribution is 2.52. The number of amides is 2. The number of guanidine groups is 1. The van der Waals surface area contributed by atoms with Gasteiger partial charge in [-0.05, 0) is 48.9 Å². The lowest BCUT2D eigenvalue weighted by Gasteiger charge is -2.18. The second kappa shape index (κ2) is 10.4. The third kappa shape index (κ3) is 5.02. The largest absolute Gasteiger partial charge is 0.494 e. The van der Waals surface area contributed by atoms with E-state index in [-0.39, 0.29) is 65.3 Å². The molecule has 0 spiro atoms. The van der Waals surface area contributed by atoms with Crippen LogP contribution in [0, 0.1) is 29.5 Å². The van der Waals surface area contributed by atoms with Crippen LogP contribution in [-0.4, -0.2) is 56.0 Å². The Hall–Kier alpha value is -2.17. The van der Waals surface area contributed by atoms with Gasteiger partial charge in [0.25, 0.3) is 0 Å². The first-order valence-electron chi connectivity index (χ1n) is 10.4. The van der Waals surface area contributed by atoms with E-state index in [2.05, 4.69) is 27.8 Å². The molecule has 0 radical (unpaired) electrons. The molecular weight excluding hydrogens is 514 g/mol. The number of allylic oxidation sites excluding steroid dienone is 2. The van der Waals surface area contributed by atoms with Crippen molar-refractivity contribution in [1.29, 1.82) is 0 Å². The van der Waals surface area contributed by atoms with Crippen LogP contribution in [0.4, 0.5) is 4.39 Å². The first-order chi connectivity index (χ1) is 14.6. The fourth-order valence-electron chi connectivity index (χ4n) is 4.69. The Morgan fingerprint density at radius 1 is 1.10 bits per heavy atom. The molecule has 1 aliphatic heterocycles. The van der Waals surface area contributed by atoms with Gasteiger partial charge in [-0.15, -0.1) is 24.0 Å². The number of rotatable bonds is 8. The number of fused-ring (bicyclic) bond motifs is 5. The molecule has 0 aromatic heterocycles. The zero-order chi connectivity index (χ0) is 21.1. The van der Waals surface area contributed by atoms with Crippen molar-refractivity contribution in [3.63, 3.8) is 0 Å². The number of aliphatic imine (C=N–C) groups is 1. The van der Waals surface area contributed by atoms with E-state index in [0.717, 1.165) is 12.8 Å². The van der Waals surface area contributed by atoms with Gasteiger partial charge in [-0.1, -0.05) is 12.2 Å². The Kier molecular flexibility index (Phi) is 7.90. The Bertz CT molecular complexity index is 831. The molecule has 2 aliphatic carbocycles. The van der Waals surface area contributed by atoms with E-state index in [0.29, 0.717) is 38.0 Å². The highest BCUT2D eigenvalue weighted by Gasteiger charge is 2.58. The van der Waals surface area contributed by atoms with Gasteiger partial charge in [0.15, 0.2) is 5.96 Å². The van der Waals surface area contributed by atoms with Crippen LogP contribution in [0.15, 0.2) is 41.4 Å². The predicted octanol–water partition coefficient (Wildman–Crippen LogP) is 2.18. The van der Waals surface area contributed by atoms with Crippen molar-refractivity contribution in [2.24, 2.45) is 28.7 Å². The van der Waals surface area contributed by atoms with Crippen molar-refractivity contribution < 1.29 is 18.7 Å². The van der Waals surface area contributed by atoms with Crippen molar-refractivity contribution >= 4 is 41.8 Å². The topological polar surface area (TPSA) is 83.0 Å². The van der Waals surface area contributed by atoms with E-state index in [9.17, 15) is 14.0 Å². The number of carbonyl (C=O) groups is 2. The Morgan fingerprint density at radius 2 is 1.71 bits per heavy atom. The number of likely N-dealkylation sites (tertiary alicyclic amines) is 1. The quantitative estimate of drug-likeness (QED) is 0.132. The van der Waals surface area contributed by atoms with Crippen LogP contribution < -0.4 is 15.4 Å². The highest BCUT2D eigenvalue weighted by atomic mass is 127. The lowest BCUT2D eigenvalue weighted by molar-refractivity contribution is -0.140. The molecule has 31 heavy (non-hydrogen) atoms. The molecule has 2 fully saturated rings. The fourth-order valence-corrected chi connectivity index (χ4v) is 4.69.